The van der Waals surface area contributed by atoms with Gasteiger partial charge in [-0.3, -0.25) is 9.36 Å². The Morgan fingerprint density at radius 1 is 1.29 bits per heavy atom. The van der Waals surface area contributed by atoms with Crippen LogP contribution in [0.25, 0.3) is 0 Å². The molecule has 0 radical (unpaired) electrons. The van der Waals surface area contributed by atoms with Crippen LogP contribution < -0.4 is 10.1 Å². The molecular weight excluding hydrogens is 400 g/mol. The number of halogens is 2. The van der Waals surface area contributed by atoms with Gasteiger partial charge in [-0.15, -0.1) is 0 Å². The molecular formula is C15H14Br2N2O2. The van der Waals surface area contributed by atoms with E-state index in [-0.39, 0.29) is 5.91 Å². The van der Waals surface area contributed by atoms with Crippen molar-refractivity contribution in [2.75, 3.05) is 13.7 Å². The molecule has 0 fully saturated rings. The second kappa shape index (κ2) is 5.94. The molecule has 6 heteroatoms. The van der Waals surface area contributed by atoms with Crippen molar-refractivity contribution in [3.05, 3.63) is 50.2 Å². The predicted octanol–water partition coefficient (Wildman–Crippen LogP) is 3.36. The zero-order valence-electron chi connectivity index (χ0n) is 11.5. The highest BCUT2D eigenvalue weighted by Crippen LogP contribution is 2.35. The summed E-state index contributed by atoms with van der Waals surface area (Å²) < 4.78 is 8.61. The van der Waals surface area contributed by atoms with Gasteiger partial charge in [0.05, 0.1) is 11.6 Å². The van der Waals surface area contributed by atoms with E-state index in [0.717, 1.165) is 45.6 Å². The predicted molar refractivity (Wildman–Crippen MR) is 88.0 cm³/mol. The number of carbonyl (C=O) groups is 1. The lowest BCUT2D eigenvalue weighted by atomic mass is 10.1. The summed E-state index contributed by atoms with van der Waals surface area (Å²) in [4.78, 5) is 12.8. The molecule has 21 heavy (non-hydrogen) atoms. The third-order valence-corrected chi connectivity index (χ3v) is 5.78. The van der Waals surface area contributed by atoms with E-state index in [4.69, 9.17) is 4.74 Å². The van der Waals surface area contributed by atoms with Crippen LogP contribution in [0.4, 0.5) is 0 Å². The van der Waals surface area contributed by atoms with Crippen molar-refractivity contribution in [1.82, 2.24) is 9.88 Å². The standard InChI is InChI=1S/C15H14Br2N2O2/c1-21-10-4-2-9(3-5-10)15(20)19-12-6-7-18-8-11(12)13(16)14(19)17/h2-5,18H,6-8H2,1H3. The molecule has 0 unspecified atom stereocenters. The van der Waals surface area contributed by atoms with Gasteiger partial charge in [0.15, 0.2) is 0 Å². The molecule has 4 nitrogen and oxygen atoms in total. The topological polar surface area (TPSA) is 43.3 Å². The number of hydrogen-bond donors (Lipinski definition) is 1. The molecule has 0 atom stereocenters. The largest absolute Gasteiger partial charge is 0.497 e. The van der Waals surface area contributed by atoms with E-state index < -0.39 is 0 Å². The Morgan fingerprint density at radius 3 is 2.67 bits per heavy atom. The van der Waals surface area contributed by atoms with E-state index >= 15 is 0 Å². The number of nitrogens with zero attached hydrogens (tertiary/aromatic N) is 1. The number of aromatic nitrogens is 1. The summed E-state index contributed by atoms with van der Waals surface area (Å²) in [5.74, 6) is 0.707. The maximum atomic E-state index is 12.8. The molecule has 110 valence electrons. The smallest absolute Gasteiger partial charge is 0.263 e. The first kappa shape index (κ1) is 14.8. The van der Waals surface area contributed by atoms with E-state index in [1.165, 1.54) is 0 Å². The Kier molecular flexibility index (Phi) is 4.19. The SMILES string of the molecule is COc1ccc(C(=O)n2c(Br)c(Br)c3c2CCNC3)cc1. The van der Waals surface area contributed by atoms with Gasteiger partial charge in [-0.2, -0.15) is 0 Å². The number of ether oxygens (including phenoxy) is 1. The van der Waals surface area contributed by atoms with Gasteiger partial charge in [0.1, 0.15) is 10.4 Å². The Bertz CT molecular complexity index is 693. The normalized spacial score (nSPS) is 13.9. The molecule has 2 aromatic rings. The molecule has 0 saturated carbocycles. The van der Waals surface area contributed by atoms with Crippen LogP contribution in [-0.4, -0.2) is 24.1 Å². The second-order valence-corrected chi connectivity index (χ2v) is 6.37. The first-order valence-electron chi connectivity index (χ1n) is 6.60. The highest BCUT2D eigenvalue weighted by Gasteiger charge is 2.26. The van der Waals surface area contributed by atoms with Gasteiger partial charge in [0.2, 0.25) is 0 Å². The maximum absolute atomic E-state index is 12.8. The number of benzene rings is 1. The molecule has 0 amide bonds. The molecule has 0 spiro atoms. The summed E-state index contributed by atoms with van der Waals surface area (Å²) in [6.07, 6.45) is 0.835. The molecule has 1 aliphatic rings. The fourth-order valence-electron chi connectivity index (χ4n) is 2.54. The van der Waals surface area contributed by atoms with Gasteiger partial charge >= 0.3 is 0 Å². The summed E-state index contributed by atoms with van der Waals surface area (Å²) in [6.45, 7) is 1.66. The highest BCUT2D eigenvalue weighted by atomic mass is 79.9. The van der Waals surface area contributed by atoms with Gasteiger partial charge in [-0.05, 0) is 56.1 Å². The van der Waals surface area contributed by atoms with Crippen LogP contribution in [0.15, 0.2) is 33.3 Å². The molecule has 1 aromatic heterocycles. The number of nitrogens with one attached hydrogen (secondary N) is 1. The Labute approximate surface area is 139 Å². The first-order valence-corrected chi connectivity index (χ1v) is 8.19. The summed E-state index contributed by atoms with van der Waals surface area (Å²) in [5.41, 5.74) is 2.85. The third-order valence-electron chi connectivity index (χ3n) is 3.64. The van der Waals surface area contributed by atoms with Crippen molar-refractivity contribution in [3.63, 3.8) is 0 Å². The zero-order chi connectivity index (χ0) is 15.0. The molecule has 0 saturated heterocycles. The minimum atomic E-state index is -0.0339. The lowest BCUT2D eigenvalue weighted by Gasteiger charge is -2.16. The lowest BCUT2D eigenvalue weighted by Crippen LogP contribution is -2.26. The second-order valence-electron chi connectivity index (χ2n) is 4.83. The van der Waals surface area contributed by atoms with E-state index in [9.17, 15) is 4.79 Å². The summed E-state index contributed by atoms with van der Waals surface area (Å²) in [5, 5.41) is 3.32. The zero-order valence-corrected chi connectivity index (χ0v) is 14.6. The van der Waals surface area contributed by atoms with Crippen molar-refractivity contribution in [2.45, 2.75) is 13.0 Å². The van der Waals surface area contributed by atoms with Crippen LogP contribution in [0, 0.1) is 0 Å². The quantitative estimate of drug-likeness (QED) is 0.820. The molecule has 0 bridgehead atoms. The maximum Gasteiger partial charge on any atom is 0.263 e. The van der Waals surface area contributed by atoms with Gasteiger partial charge < -0.3 is 10.1 Å². The average molecular weight is 414 g/mol. The Hall–Kier alpha value is -1.11. The fraction of sp³-hybridized carbons (Fsp3) is 0.267. The third kappa shape index (κ3) is 2.56. The van der Waals surface area contributed by atoms with Crippen LogP contribution in [0.1, 0.15) is 21.6 Å². The number of fused-ring (bicyclic) bond motifs is 1. The van der Waals surface area contributed by atoms with Gasteiger partial charge in [-0.1, -0.05) is 0 Å². The van der Waals surface area contributed by atoms with Crippen LogP contribution in [-0.2, 0) is 13.0 Å². The molecule has 1 N–H and O–H groups in total. The Balaban J connectivity index is 2.05. The van der Waals surface area contributed by atoms with Gasteiger partial charge in [0, 0.05) is 36.3 Å². The van der Waals surface area contributed by atoms with Crippen molar-refractivity contribution >= 4 is 37.8 Å². The molecule has 1 aromatic carbocycles. The summed E-state index contributed by atoms with van der Waals surface area (Å²) >= 11 is 7.10. The number of methoxy groups -OCH3 is 1. The molecule has 1 aliphatic heterocycles. The molecule has 2 heterocycles. The first-order chi connectivity index (χ1) is 10.1. The lowest BCUT2D eigenvalue weighted by molar-refractivity contribution is 0.0954. The monoisotopic (exact) mass is 412 g/mol. The van der Waals surface area contributed by atoms with Crippen LogP contribution >= 0.6 is 31.9 Å². The Morgan fingerprint density at radius 2 is 2.00 bits per heavy atom. The van der Waals surface area contributed by atoms with Crippen LogP contribution in [0.3, 0.4) is 0 Å². The number of carbonyl (C=O) groups excluding carboxylic acids is 1. The molecule has 0 aliphatic carbocycles. The fourth-order valence-corrected chi connectivity index (χ4v) is 3.70. The van der Waals surface area contributed by atoms with Crippen LogP contribution in [0.5, 0.6) is 5.75 Å². The van der Waals surface area contributed by atoms with E-state index in [1.807, 2.05) is 0 Å². The van der Waals surface area contributed by atoms with Crippen molar-refractivity contribution in [1.29, 1.82) is 0 Å². The summed E-state index contributed by atoms with van der Waals surface area (Å²) in [6, 6.07) is 7.17. The summed E-state index contributed by atoms with van der Waals surface area (Å²) in [7, 11) is 1.61. The minimum absolute atomic E-state index is 0.0339. The molecule has 3 rings (SSSR count). The average Bonchev–Trinajstić information content (AvgIpc) is 2.79. The number of rotatable bonds is 2. The highest BCUT2D eigenvalue weighted by molar-refractivity contribution is 9.13. The number of hydrogen-bond acceptors (Lipinski definition) is 3. The van der Waals surface area contributed by atoms with Crippen molar-refractivity contribution < 1.29 is 9.53 Å². The van der Waals surface area contributed by atoms with Crippen molar-refractivity contribution in [3.8, 4) is 5.75 Å². The van der Waals surface area contributed by atoms with Crippen molar-refractivity contribution in [2.24, 2.45) is 0 Å². The van der Waals surface area contributed by atoms with E-state index in [2.05, 4.69) is 37.2 Å². The van der Waals surface area contributed by atoms with Gasteiger partial charge in [-0.25, -0.2) is 0 Å². The van der Waals surface area contributed by atoms with Gasteiger partial charge in [0.25, 0.3) is 5.91 Å². The van der Waals surface area contributed by atoms with E-state index in [0.29, 0.717) is 5.56 Å². The minimum Gasteiger partial charge on any atom is -0.497 e. The van der Waals surface area contributed by atoms with Crippen LogP contribution in [0.2, 0.25) is 0 Å². The van der Waals surface area contributed by atoms with E-state index in [1.54, 1.807) is 35.9 Å².